The lowest BCUT2D eigenvalue weighted by atomic mass is 10.2. The Labute approximate surface area is 131 Å². The summed E-state index contributed by atoms with van der Waals surface area (Å²) >= 11 is 5.83. The number of halogens is 1. The number of nitro groups is 1. The van der Waals surface area contributed by atoms with Gasteiger partial charge in [-0.2, -0.15) is 0 Å². The first-order chi connectivity index (χ1) is 10.5. The molecule has 1 amide bonds. The zero-order valence-electron chi connectivity index (χ0n) is 11.6. The van der Waals surface area contributed by atoms with E-state index in [4.69, 9.17) is 16.3 Å². The van der Waals surface area contributed by atoms with Crippen molar-refractivity contribution in [1.29, 1.82) is 0 Å². The van der Waals surface area contributed by atoms with Crippen LogP contribution in [0.15, 0.2) is 36.5 Å². The molecule has 0 radical (unpaired) electrons. The molecule has 8 heteroatoms. The molecule has 0 aliphatic rings. The standard InChI is InChI=1S/C14H12ClN3O4/c1-9-6-10(15)2-4-12(9)22-8-14(19)17-13-5-3-11(7-16-13)18(20)21/h2-7H,8H2,1H3,(H,16,17,19). The predicted molar refractivity (Wildman–Crippen MR) is 81.2 cm³/mol. The Morgan fingerprint density at radius 3 is 2.77 bits per heavy atom. The van der Waals surface area contributed by atoms with Crippen molar-refractivity contribution in [2.75, 3.05) is 11.9 Å². The highest BCUT2D eigenvalue weighted by Crippen LogP contribution is 2.21. The number of nitrogens with one attached hydrogen (secondary N) is 1. The van der Waals surface area contributed by atoms with Crippen LogP contribution in [-0.4, -0.2) is 22.4 Å². The number of benzene rings is 1. The molecule has 1 aromatic carbocycles. The molecule has 22 heavy (non-hydrogen) atoms. The summed E-state index contributed by atoms with van der Waals surface area (Å²) in [6, 6.07) is 7.68. The summed E-state index contributed by atoms with van der Waals surface area (Å²) in [6.07, 6.45) is 1.07. The van der Waals surface area contributed by atoms with Gasteiger partial charge in [0, 0.05) is 11.1 Å². The van der Waals surface area contributed by atoms with Crippen molar-refractivity contribution >= 4 is 29.0 Å². The van der Waals surface area contributed by atoms with E-state index in [1.165, 1.54) is 12.1 Å². The maximum absolute atomic E-state index is 11.7. The van der Waals surface area contributed by atoms with E-state index in [0.717, 1.165) is 11.8 Å². The van der Waals surface area contributed by atoms with Crippen LogP contribution in [0.1, 0.15) is 5.56 Å². The molecule has 0 saturated heterocycles. The fraction of sp³-hybridized carbons (Fsp3) is 0.143. The van der Waals surface area contributed by atoms with Crippen molar-refractivity contribution in [2.45, 2.75) is 6.92 Å². The average Bonchev–Trinajstić information content (AvgIpc) is 2.47. The van der Waals surface area contributed by atoms with Crippen LogP contribution in [0.25, 0.3) is 0 Å². The minimum Gasteiger partial charge on any atom is -0.483 e. The van der Waals surface area contributed by atoms with Gasteiger partial charge in [0.05, 0.1) is 4.92 Å². The monoisotopic (exact) mass is 321 g/mol. The molecule has 1 aromatic heterocycles. The van der Waals surface area contributed by atoms with E-state index < -0.39 is 10.8 Å². The summed E-state index contributed by atoms with van der Waals surface area (Å²) in [5, 5.41) is 13.6. The minimum atomic E-state index is -0.564. The number of amides is 1. The summed E-state index contributed by atoms with van der Waals surface area (Å²) in [6.45, 7) is 1.61. The summed E-state index contributed by atoms with van der Waals surface area (Å²) in [5.41, 5.74) is 0.666. The Morgan fingerprint density at radius 1 is 1.41 bits per heavy atom. The molecule has 1 N–H and O–H groups in total. The van der Waals surface area contributed by atoms with E-state index in [1.54, 1.807) is 18.2 Å². The highest BCUT2D eigenvalue weighted by Gasteiger charge is 2.09. The maximum atomic E-state index is 11.7. The third-order valence-corrected chi connectivity index (χ3v) is 2.96. The van der Waals surface area contributed by atoms with E-state index in [-0.39, 0.29) is 18.1 Å². The van der Waals surface area contributed by atoms with Gasteiger partial charge in [-0.1, -0.05) is 11.6 Å². The molecular weight excluding hydrogens is 310 g/mol. The lowest BCUT2D eigenvalue weighted by molar-refractivity contribution is -0.385. The maximum Gasteiger partial charge on any atom is 0.287 e. The minimum absolute atomic E-state index is 0.147. The predicted octanol–water partition coefficient (Wildman–Crippen LogP) is 2.97. The smallest absolute Gasteiger partial charge is 0.287 e. The first kappa shape index (κ1) is 15.7. The molecule has 7 nitrogen and oxygen atoms in total. The van der Waals surface area contributed by atoms with Crippen LogP contribution in [0, 0.1) is 17.0 Å². The Balaban J connectivity index is 1.91. The lowest BCUT2D eigenvalue weighted by Gasteiger charge is -2.09. The Bertz CT molecular complexity index is 704. The van der Waals surface area contributed by atoms with E-state index >= 15 is 0 Å². The van der Waals surface area contributed by atoms with E-state index in [2.05, 4.69) is 10.3 Å². The third-order valence-electron chi connectivity index (χ3n) is 2.72. The van der Waals surface area contributed by atoms with Crippen LogP contribution in [0.2, 0.25) is 5.02 Å². The molecule has 0 saturated carbocycles. The first-order valence-electron chi connectivity index (χ1n) is 6.25. The quantitative estimate of drug-likeness (QED) is 0.674. The van der Waals surface area contributed by atoms with Gasteiger partial charge in [0.25, 0.3) is 11.6 Å². The molecule has 2 aromatic rings. The van der Waals surface area contributed by atoms with Gasteiger partial charge in [0.15, 0.2) is 6.61 Å². The van der Waals surface area contributed by atoms with Crippen molar-refractivity contribution in [1.82, 2.24) is 4.98 Å². The van der Waals surface area contributed by atoms with Crippen LogP contribution in [0.4, 0.5) is 11.5 Å². The molecule has 0 aliphatic heterocycles. The largest absolute Gasteiger partial charge is 0.483 e. The van der Waals surface area contributed by atoms with Gasteiger partial charge in [0.2, 0.25) is 0 Å². The number of hydrogen-bond acceptors (Lipinski definition) is 5. The SMILES string of the molecule is Cc1cc(Cl)ccc1OCC(=O)Nc1ccc([N+](=O)[O-])cn1. The van der Waals surface area contributed by atoms with Crippen LogP contribution in [0.3, 0.4) is 0 Å². The number of aryl methyl sites for hydroxylation is 1. The van der Waals surface area contributed by atoms with Gasteiger partial charge >= 0.3 is 0 Å². The fourth-order valence-electron chi connectivity index (χ4n) is 1.66. The van der Waals surface area contributed by atoms with Gasteiger partial charge in [-0.3, -0.25) is 14.9 Å². The number of anilines is 1. The van der Waals surface area contributed by atoms with E-state index in [0.29, 0.717) is 10.8 Å². The normalized spacial score (nSPS) is 10.1. The molecule has 0 bridgehead atoms. The third kappa shape index (κ3) is 4.16. The lowest BCUT2D eigenvalue weighted by Crippen LogP contribution is -2.21. The second-order valence-corrected chi connectivity index (χ2v) is 4.84. The molecule has 0 unspecified atom stereocenters. The van der Waals surface area contributed by atoms with E-state index in [9.17, 15) is 14.9 Å². The molecular formula is C14H12ClN3O4. The van der Waals surface area contributed by atoms with Gasteiger partial charge in [-0.25, -0.2) is 4.98 Å². The number of hydrogen-bond donors (Lipinski definition) is 1. The Kier molecular flexibility index (Phi) is 4.90. The number of rotatable bonds is 5. The van der Waals surface area contributed by atoms with Crippen molar-refractivity contribution in [3.05, 3.63) is 57.2 Å². The summed E-state index contributed by atoms with van der Waals surface area (Å²) in [7, 11) is 0. The van der Waals surface area contributed by atoms with E-state index in [1.807, 2.05) is 6.92 Å². The van der Waals surface area contributed by atoms with Gasteiger partial charge in [-0.15, -0.1) is 0 Å². The highest BCUT2D eigenvalue weighted by atomic mass is 35.5. The zero-order chi connectivity index (χ0) is 16.1. The van der Waals surface area contributed by atoms with Crippen LogP contribution >= 0.6 is 11.6 Å². The summed E-state index contributed by atoms with van der Waals surface area (Å²) in [4.78, 5) is 25.5. The van der Waals surface area contributed by atoms with Gasteiger partial charge in [-0.05, 0) is 36.8 Å². The van der Waals surface area contributed by atoms with Crippen molar-refractivity contribution in [3.8, 4) is 5.75 Å². The molecule has 2 rings (SSSR count). The number of carbonyl (C=O) groups excluding carboxylic acids is 1. The second kappa shape index (κ2) is 6.86. The van der Waals surface area contributed by atoms with Crippen molar-refractivity contribution < 1.29 is 14.5 Å². The molecule has 0 aliphatic carbocycles. The number of nitrogens with zero attached hydrogens (tertiary/aromatic N) is 2. The summed E-state index contributed by atoms with van der Waals surface area (Å²) < 4.78 is 5.38. The number of ether oxygens (including phenoxy) is 1. The average molecular weight is 322 g/mol. The Hall–Kier alpha value is -2.67. The summed E-state index contributed by atoms with van der Waals surface area (Å²) in [5.74, 6) is 0.346. The topological polar surface area (TPSA) is 94.4 Å². The molecule has 0 atom stereocenters. The van der Waals surface area contributed by atoms with Gasteiger partial charge in [0.1, 0.15) is 17.8 Å². The molecule has 0 fully saturated rings. The number of aromatic nitrogens is 1. The van der Waals surface area contributed by atoms with Crippen LogP contribution in [0.5, 0.6) is 5.75 Å². The zero-order valence-corrected chi connectivity index (χ0v) is 12.3. The fourth-order valence-corrected chi connectivity index (χ4v) is 1.89. The first-order valence-corrected chi connectivity index (χ1v) is 6.63. The van der Waals surface area contributed by atoms with Crippen molar-refractivity contribution in [2.24, 2.45) is 0 Å². The molecule has 1 heterocycles. The van der Waals surface area contributed by atoms with Crippen LogP contribution < -0.4 is 10.1 Å². The molecule has 0 spiro atoms. The number of carbonyl (C=O) groups is 1. The highest BCUT2D eigenvalue weighted by molar-refractivity contribution is 6.30. The second-order valence-electron chi connectivity index (χ2n) is 4.41. The Morgan fingerprint density at radius 2 is 2.18 bits per heavy atom. The molecule has 114 valence electrons. The van der Waals surface area contributed by atoms with Crippen LogP contribution in [-0.2, 0) is 4.79 Å². The van der Waals surface area contributed by atoms with Crippen molar-refractivity contribution in [3.63, 3.8) is 0 Å². The number of pyridine rings is 1. The van der Waals surface area contributed by atoms with Gasteiger partial charge < -0.3 is 10.1 Å².